The predicted octanol–water partition coefficient (Wildman–Crippen LogP) is 2.65. The highest BCUT2D eigenvalue weighted by molar-refractivity contribution is 5.52. The molecule has 2 aromatic heterocycles. The van der Waals surface area contributed by atoms with Crippen molar-refractivity contribution in [3.8, 4) is 0 Å². The number of nitrogens with zero attached hydrogens (tertiary/aromatic N) is 2. The topological polar surface area (TPSA) is 43.3 Å². The summed E-state index contributed by atoms with van der Waals surface area (Å²) in [6.45, 7) is 2.20. The van der Waals surface area contributed by atoms with Crippen LogP contribution in [0.1, 0.15) is 31.9 Å². The van der Waals surface area contributed by atoms with Gasteiger partial charge in [0, 0.05) is 6.20 Å². The van der Waals surface area contributed by atoms with Gasteiger partial charge >= 0.3 is 0 Å². The molecule has 0 amide bonds. The number of aryl methyl sites for hydroxylation is 1. The molecule has 0 spiro atoms. The van der Waals surface area contributed by atoms with Crippen LogP contribution in [0.4, 0.5) is 5.82 Å². The van der Waals surface area contributed by atoms with Gasteiger partial charge in [-0.25, -0.2) is 4.98 Å². The van der Waals surface area contributed by atoms with E-state index in [2.05, 4.69) is 11.9 Å². The van der Waals surface area contributed by atoms with Gasteiger partial charge < -0.3 is 5.73 Å². The lowest BCUT2D eigenvalue weighted by Crippen LogP contribution is -1.96. The third-order valence-electron chi connectivity index (χ3n) is 2.66. The Kier molecular flexibility index (Phi) is 2.90. The molecule has 0 saturated carbocycles. The smallest absolute Gasteiger partial charge is 0.138 e. The zero-order valence-corrected chi connectivity index (χ0v) is 9.11. The van der Waals surface area contributed by atoms with Gasteiger partial charge in [0.1, 0.15) is 11.5 Å². The Morgan fingerprint density at radius 1 is 1.33 bits per heavy atom. The molecule has 0 unspecified atom stereocenters. The minimum atomic E-state index is 0.793. The van der Waals surface area contributed by atoms with Crippen molar-refractivity contribution in [2.75, 3.05) is 5.73 Å². The molecule has 2 N–H and O–H groups in total. The summed E-state index contributed by atoms with van der Waals surface area (Å²) in [5.74, 6) is 0.793. The molecular formula is C12H17N3. The summed E-state index contributed by atoms with van der Waals surface area (Å²) in [6, 6.07) is 5.94. The molecule has 0 fully saturated rings. The fourth-order valence-corrected chi connectivity index (χ4v) is 1.79. The Morgan fingerprint density at radius 3 is 2.93 bits per heavy atom. The maximum atomic E-state index is 6.02. The zero-order valence-electron chi connectivity index (χ0n) is 9.11. The van der Waals surface area contributed by atoms with E-state index in [1.54, 1.807) is 0 Å². The van der Waals surface area contributed by atoms with Crippen LogP contribution in [0.3, 0.4) is 0 Å². The molecule has 0 bridgehead atoms. The molecule has 3 nitrogen and oxygen atoms in total. The van der Waals surface area contributed by atoms with Crippen LogP contribution in [0, 0.1) is 0 Å². The van der Waals surface area contributed by atoms with Gasteiger partial charge in [-0.05, 0) is 25.0 Å². The van der Waals surface area contributed by atoms with Crippen LogP contribution in [-0.4, -0.2) is 9.38 Å². The minimum absolute atomic E-state index is 0.793. The first kappa shape index (κ1) is 10.0. The molecule has 0 aromatic carbocycles. The first-order valence-corrected chi connectivity index (χ1v) is 5.54. The van der Waals surface area contributed by atoms with Crippen molar-refractivity contribution in [2.45, 2.75) is 32.6 Å². The van der Waals surface area contributed by atoms with Crippen molar-refractivity contribution >= 4 is 11.5 Å². The maximum absolute atomic E-state index is 6.02. The van der Waals surface area contributed by atoms with Gasteiger partial charge in [0.25, 0.3) is 0 Å². The number of hydrogen-bond donors (Lipinski definition) is 1. The summed E-state index contributed by atoms with van der Waals surface area (Å²) in [5.41, 5.74) is 8.00. The van der Waals surface area contributed by atoms with E-state index in [0.717, 1.165) is 23.6 Å². The highest BCUT2D eigenvalue weighted by atomic mass is 15.1. The predicted molar refractivity (Wildman–Crippen MR) is 62.8 cm³/mol. The number of fused-ring (bicyclic) bond motifs is 1. The van der Waals surface area contributed by atoms with Crippen molar-refractivity contribution in [3.05, 3.63) is 30.1 Å². The van der Waals surface area contributed by atoms with Crippen LogP contribution < -0.4 is 5.73 Å². The van der Waals surface area contributed by atoms with Gasteiger partial charge in [-0.2, -0.15) is 0 Å². The summed E-state index contributed by atoms with van der Waals surface area (Å²) in [4.78, 5) is 4.52. The number of aromatic nitrogens is 2. The van der Waals surface area contributed by atoms with E-state index in [1.807, 2.05) is 28.8 Å². The van der Waals surface area contributed by atoms with Crippen molar-refractivity contribution in [3.63, 3.8) is 0 Å². The van der Waals surface area contributed by atoms with E-state index in [9.17, 15) is 0 Å². The van der Waals surface area contributed by atoms with E-state index >= 15 is 0 Å². The first-order chi connectivity index (χ1) is 7.33. The van der Waals surface area contributed by atoms with Crippen LogP contribution in [0.15, 0.2) is 24.4 Å². The Balaban J connectivity index is 2.24. The van der Waals surface area contributed by atoms with Crippen LogP contribution in [-0.2, 0) is 6.42 Å². The molecule has 2 rings (SSSR count). The molecule has 0 aliphatic rings. The number of nitrogen functional groups attached to an aromatic ring is 1. The fraction of sp³-hybridized carbons (Fsp3) is 0.417. The molecule has 0 radical (unpaired) electrons. The van der Waals surface area contributed by atoms with Crippen LogP contribution in [0.5, 0.6) is 0 Å². The lowest BCUT2D eigenvalue weighted by Gasteiger charge is -1.97. The van der Waals surface area contributed by atoms with Gasteiger partial charge in [-0.15, -0.1) is 0 Å². The Bertz CT molecular complexity index is 445. The maximum Gasteiger partial charge on any atom is 0.138 e. The number of imidazole rings is 1. The van der Waals surface area contributed by atoms with Crippen molar-refractivity contribution < 1.29 is 0 Å². The summed E-state index contributed by atoms with van der Waals surface area (Å²) in [6.07, 6.45) is 6.59. The SMILES string of the molecule is CCCCCc1nc2ccccn2c1N. The standard InChI is InChI=1S/C12H17N3/c1-2-3-4-7-10-12(13)15-9-6-5-8-11(15)14-10/h5-6,8-9H,2-4,7,13H2,1H3. The summed E-state index contributed by atoms with van der Waals surface area (Å²) >= 11 is 0. The Labute approximate surface area is 89.9 Å². The second-order valence-electron chi connectivity index (χ2n) is 3.83. The van der Waals surface area contributed by atoms with Crippen LogP contribution in [0.25, 0.3) is 5.65 Å². The Hall–Kier alpha value is -1.51. The van der Waals surface area contributed by atoms with Gasteiger partial charge in [-0.1, -0.05) is 25.8 Å². The molecule has 3 heteroatoms. The molecule has 0 saturated heterocycles. The number of anilines is 1. The van der Waals surface area contributed by atoms with Crippen molar-refractivity contribution in [1.82, 2.24) is 9.38 Å². The molecular weight excluding hydrogens is 186 g/mol. The summed E-state index contributed by atoms with van der Waals surface area (Å²) < 4.78 is 1.95. The van der Waals surface area contributed by atoms with E-state index in [0.29, 0.717) is 0 Å². The van der Waals surface area contributed by atoms with Crippen LogP contribution in [0.2, 0.25) is 0 Å². The quantitative estimate of drug-likeness (QED) is 0.776. The third kappa shape index (κ3) is 1.96. The lowest BCUT2D eigenvalue weighted by atomic mass is 10.1. The number of nitrogens with two attached hydrogens (primary N) is 1. The van der Waals surface area contributed by atoms with Crippen molar-refractivity contribution in [2.24, 2.45) is 0 Å². The molecule has 2 aromatic rings. The van der Waals surface area contributed by atoms with E-state index in [-0.39, 0.29) is 0 Å². The van der Waals surface area contributed by atoms with Crippen molar-refractivity contribution in [1.29, 1.82) is 0 Å². The van der Waals surface area contributed by atoms with E-state index in [4.69, 9.17) is 5.73 Å². The molecule has 0 aliphatic heterocycles. The second-order valence-corrected chi connectivity index (χ2v) is 3.83. The van der Waals surface area contributed by atoms with Gasteiger partial charge in [-0.3, -0.25) is 4.40 Å². The van der Waals surface area contributed by atoms with Gasteiger partial charge in [0.2, 0.25) is 0 Å². The average molecular weight is 203 g/mol. The normalized spacial score (nSPS) is 11.0. The van der Waals surface area contributed by atoms with Gasteiger partial charge in [0.15, 0.2) is 0 Å². The molecule has 80 valence electrons. The summed E-state index contributed by atoms with van der Waals surface area (Å²) in [5, 5.41) is 0. The molecule has 2 heterocycles. The summed E-state index contributed by atoms with van der Waals surface area (Å²) in [7, 11) is 0. The molecule has 0 atom stereocenters. The zero-order chi connectivity index (χ0) is 10.7. The minimum Gasteiger partial charge on any atom is -0.383 e. The second kappa shape index (κ2) is 4.34. The highest BCUT2D eigenvalue weighted by Gasteiger charge is 2.07. The highest BCUT2D eigenvalue weighted by Crippen LogP contribution is 2.16. The van der Waals surface area contributed by atoms with E-state index in [1.165, 1.54) is 19.3 Å². The van der Waals surface area contributed by atoms with E-state index < -0.39 is 0 Å². The first-order valence-electron chi connectivity index (χ1n) is 5.54. The van der Waals surface area contributed by atoms with Crippen LogP contribution >= 0.6 is 0 Å². The number of hydrogen-bond acceptors (Lipinski definition) is 2. The lowest BCUT2D eigenvalue weighted by molar-refractivity contribution is 0.711. The van der Waals surface area contributed by atoms with Gasteiger partial charge in [0.05, 0.1) is 5.69 Å². The molecule has 0 aliphatic carbocycles. The number of pyridine rings is 1. The number of unbranched alkanes of at least 4 members (excludes halogenated alkanes) is 2. The monoisotopic (exact) mass is 203 g/mol. The fourth-order valence-electron chi connectivity index (χ4n) is 1.79. The number of rotatable bonds is 4. The Morgan fingerprint density at radius 2 is 2.20 bits per heavy atom. The average Bonchev–Trinajstić information content (AvgIpc) is 2.57. The third-order valence-corrected chi connectivity index (χ3v) is 2.66. The largest absolute Gasteiger partial charge is 0.383 e. The molecule has 15 heavy (non-hydrogen) atoms.